The number of carbonyl (C=O) groups is 1. The van der Waals surface area contributed by atoms with Crippen LogP contribution in [0.5, 0.6) is 0 Å². The first-order valence-corrected chi connectivity index (χ1v) is 5.85. The zero-order valence-electron chi connectivity index (χ0n) is 9.83. The Morgan fingerprint density at radius 1 is 1.60 bits per heavy atom. The van der Waals surface area contributed by atoms with Crippen molar-refractivity contribution in [1.29, 1.82) is 0 Å². The van der Waals surface area contributed by atoms with Crippen LogP contribution in [0.3, 0.4) is 0 Å². The van der Waals surface area contributed by atoms with Crippen molar-refractivity contribution in [3.05, 3.63) is 0 Å². The molecule has 0 aromatic rings. The van der Waals surface area contributed by atoms with Crippen LogP contribution in [0.15, 0.2) is 0 Å². The largest absolute Gasteiger partial charge is 0.359 e. The lowest BCUT2D eigenvalue weighted by molar-refractivity contribution is -0.121. The third kappa shape index (κ3) is 3.80. The highest BCUT2D eigenvalue weighted by Gasteiger charge is 2.25. The molecule has 1 heterocycles. The lowest BCUT2D eigenvalue weighted by atomic mass is 9.97. The lowest BCUT2D eigenvalue weighted by Crippen LogP contribution is -2.49. The SMILES string of the molecule is CNC(=O)CCN1CCCCC1C(C)N. The van der Waals surface area contributed by atoms with Crippen LogP contribution in [0.1, 0.15) is 32.6 Å². The fourth-order valence-electron chi connectivity index (χ4n) is 2.26. The van der Waals surface area contributed by atoms with Crippen molar-refractivity contribution in [3.63, 3.8) is 0 Å². The van der Waals surface area contributed by atoms with E-state index in [1.807, 2.05) is 0 Å². The van der Waals surface area contributed by atoms with Gasteiger partial charge in [-0.3, -0.25) is 9.69 Å². The van der Waals surface area contributed by atoms with Gasteiger partial charge in [-0.05, 0) is 26.3 Å². The molecule has 4 heteroatoms. The molecule has 1 saturated heterocycles. The fourth-order valence-corrected chi connectivity index (χ4v) is 2.26. The Balaban J connectivity index is 2.39. The topological polar surface area (TPSA) is 58.4 Å². The molecule has 0 spiro atoms. The molecule has 1 amide bonds. The summed E-state index contributed by atoms with van der Waals surface area (Å²) in [6.07, 6.45) is 4.25. The molecular weight excluding hydrogens is 190 g/mol. The summed E-state index contributed by atoms with van der Waals surface area (Å²) in [5, 5.41) is 2.65. The van der Waals surface area contributed by atoms with Gasteiger partial charge in [0.25, 0.3) is 0 Å². The predicted molar refractivity (Wildman–Crippen MR) is 61.5 cm³/mol. The summed E-state index contributed by atoms with van der Waals surface area (Å²) in [6.45, 7) is 3.98. The summed E-state index contributed by atoms with van der Waals surface area (Å²) in [5.41, 5.74) is 5.95. The first-order valence-electron chi connectivity index (χ1n) is 5.85. The molecular formula is C11H23N3O. The molecule has 1 aliphatic rings. The van der Waals surface area contributed by atoms with Crippen molar-refractivity contribution in [2.24, 2.45) is 5.73 Å². The molecule has 15 heavy (non-hydrogen) atoms. The Labute approximate surface area is 92.2 Å². The van der Waals surface area contributed by atoms with Crippen LogP contribution in [0.2, 0.25) is 0 Å². The van der Waals surface area contributed by atoms with Crippen molar-refractivity contribution < 1.29 is 4.79 Å². The molecule has 0 aromatic carbocycles. The van der Waals surface area contributed by atoms with Gasteiger partial charge in [-0.15, -0.1) is 0 Å². The summed E-state index contributed by atoms with van der Waals surface area (Å²) in [4.78, 5) is 13.5. The van der Waals surface area contributed by atoms with Crippen LogP contribution in [0.4, 0.5) is 0 Å². The Morgan fingerprint density at radius 2 is 2.33 bits per heavy atom. The average Bonchev–Trinajstić information content (AvgIpc) is 2.26. The maximum atomic E-state index is 11.2. The van der Waals surface area contributed by atoms with Crippen LogP contribution in [-0.4, -0.2) is 43.0 Å². The second-order valence-electron chi connectivity index (χ2n) is 4.38. The minimum atomic E-state index is 0.115. The first kappa shape index (κ1) is 12.5. The Bertz CT molecular complexity index is 206. The number of rotatable bonds is 4. The maximum absolute atomic E-state index is 11.2. The van der Waals surface area contributed by atoms with Gasteiger partial charge in [0.15, 0.2) is 0 Å². The van der Waals surface area contributed by atoms with Gasteiger partial charge in [0, 0.05) is 32.1 Å². The number of carbonyl (C=O) groups excluding carboxylic acids is 1. The van der Waals surface area contributed by atoms with Gasteiger partial charge in [-0.2, -0.15) is 0 Å². The molecule has 0 saturated carbocycles. The molecule has 0 aliphatic carbocycles. The van der Waals surface area contributed by atoms with E-state index in [2.05, 4.69) is 17.1 Å². The number of likely N-dealkylation sites (tertiary alicyclic amines) is 1. The van der Waals surface area contributed by atoms with E-state index in [0.717, 1.165) is 13.1 Å². The normalized spacial score (nSPS) is 24.9. The van der Waals surface area contributed by atoms with Crippen LogP contribution in [0.25, 0.3) is 0 Å². The van der Waals surface area contributed by atoms with E-state index in [1.54, 1.807) is 7.05 Å². The van der Waals surface area contributed by atoms with Gasteiger partial charge in [-0.25, -0.2) is 0 Å². The van der Waals surface area contributed by atoms with Crippen molar-refractivity contribution in [2.45, 2.75) is 44.7 Å². The zero-order valence-corrected chi connectivity index (χ0v) is 9.83. The Hall–Kier alpha value is -0.610. The molecule has 0 radical (unpaired) electrons. The minimum absolute atomic E-state index is 0.115. The predicted octanol–water partition coefficient (Wildman–Crippen LogP) is 0.324. The van der Waals surface area contributed by atoms with E-state index in [-0.39, 0.29) is 11.9 Å². The molecule has 88 valence electrons. The molecule has 1 aliphatic heterocycles. The standard InChI is InChI=1S/C11H23N3O/c1-9(12)10-5-3-4-7-14(10)8-6-11(15)13-2/h9-10H,3-8,12H2,1-2H3,(H,13,15). The Kier molecular flexibility index (Phi) is 5.05. The summed E-state index contributed by atoms with van der Waals surface area (Å²) in [6, 6.07) is 0.665. The summed E-state index contributed by atoms with van der Waals surface area (Å²) in [7, 11) is 1.68. The second kappa shape index (κ2) is 6.08. The van der Waals surface area contributed by atoms with Gasteiger partial charge in [0.1, 0.15) is 0 Å². The summed E-state index contributed by atoms with van der Waals surface area (Å²) in [5.74, 6) is 0.115. The molecule has 0 bridgehead atoms. The monoisotopic (exact) mass is 213 g/mol. The number of hydrogen-bond donors (Lipinski definition) is 2. The lowest BCUT2D eigenvalue weighted by Gasteiger charge is -2.37. The fraction of sp³-hybridized carbons (Fsp3) is 0.909. The van der Waals surface area contributed by atoms with Crippen molar-refractivity contribution in [3.8, 4) is 0 Å². The number of nitrogens with two attached hydrogens (primary N) is 1. The van der Waals surface area contributed by atoms with Crippen LogP contribution in [0, 0.1) is 0 Å². The van der Waals surface area contributed by atoms with Gasteiger partial charge < -0.3 is 11.1 Å². The molecule has 2 atom stereocenters. The van der Waals surface area contributed by atoms with Gasteiger partial charge >= 0.3 is 0 Å². The number of amides is 1. The van der Waals surface area contributed by atoms with Crippen LogP contribution < -0.4 is 11.1 Å². The Morgan fingerprint density at radius 3 is 2.93 bits per heavy atom. The van der Waals surface area contributed by atoms with Gasteiger partial charge in [0.05, 0.1) is 0 Å². The van der Waals surface area contributed by atoms with Crippen LogP contribution >= 0.6 is 0 Å². The third-order valence-electron chi connectivity index (χ3n) is 3.18. The number of nitrogens with one attached hydrogen (secondary N) is 1. The highest BCUT2D eigenvalue weighted by Crippen LogP contribution is 2.18. The van der Waals surface area contributed by atoms with Gasteiger partial charge in [0.2, 0.25) is 5.91 Å². The number of nitrogens with zero attached hydrogens (tertiary/aromatic N) is 1. The average molecular weight is 213 g/mol. The van der Waals surface area contributed by atoms with E-state index >= 15 is 0 Å². The third-order valence-corrected chi connectivity index (χ3v) is 3.18. The minimum Gasteiger partial charge on any atom is -0.359 e. The van der Waals surface area contributed by atoms with Crippen LogP contribution in [-0.2, 0) is 4.79 Å². The molecule has 4 nitrogen and oxygen atoms in total. The molecule has 1 rings (SSSR count). The van der Waals surface area contributed by atoms with Crippen molar-refractivity contribution >= 4 is 5.91 Å². The molecule has 1 fully saturated rings. The summed E-state index contributed by atoms with van der Waals surface area (Å²) < 4.78 is 0. The van der Waals surface area contributed by atoms with E-state index < -0.39 is 0 Å². The second-order valence-corrected chi connectivity index (χ2v) is 4.38. The molecule has 3 N–H and O–H groups in total. The quantitative estimate of drug-likeness (QED) is 0.707. The van der Waals surface area contributed by atoms with E-state index in [9.17, 15) is 4.79 Å². The molecule has 0 aromatic heterocycles. The number of hydrogen-bond acceptors (Lipinski definition) is 3. The summed E-state index contributed by atoms with van der Waals surface area (Å²) >= 11 is 0. The first-order chi connectivity index (χ1) is 7.15. The highest BCUT2D eigenvalue weighted by molar-refractivity contribution is 5.75. The van der Waals surface area contributed by atoms with Crippen molar-refractivity contribution in [2.75, 3.05) is 20.1 Å². The molecule has 2 unspecified atom stereocenters. The highest BCUT2D eigenvalue weighted by atomic mass is 16.1. The van der Waals surface area contributed by atoms with E-state index in [0.29, 0.717) is 12.5 Å². The van der Waals surface area contributed by atoms with E-state index in [4.69, 9.17) is 5.73 Å². The smallest absolute Gasteiger partial charge is 0.221 e. The zero-order chi connectivity index (χ0) is 11.3. The van der Waals surface area contributed by atoms with Crippen molar-refractivity contribution in [1.82, 2.24) is 10.2 Å². The number of piperidine rings is 1. The van der Waals surface area contributed by atoms with E-state index in [1.165, 1.54) is 19.3 Å². The maximum Gasteiger partial charge on any atom is 0.221 e. The van der Waals surface area contributed by atoms with Gasteiger partial charge in [-0.1, -0.05) is 6.42 Å².